The highest BCUT2D eigenvalue weighted by molar-refractivity contribution is 5.75. The summed E-state index contributed by atoms with van der Waals surface area (Å²) in [5.41, 5.74) is 1.14. The molecule has 2 amide bonds. The van der Waals surface area contributed by atoms with Crippen molar-refractivity contribution in [2.75, 3.05) is 31.1 Å². The van der Waals surface area contributed by atoms with Gasteiger partial charge in [-0.25, -0.2) is 9.48 Å². The fourth-order valence-electron chi connectivity index (χ4n) is 2.67. The van der Waals surface area contributed by atoms with Gasteiger partial charge in [0.15, 0.2) is 5.82 Å². The summed E-state index contributed by atoms with van der Waals surface area (Å²) in [4.78, 5) is 20.5. The van der Waals surface area contributed by atoms with Gasteiger partial charge in [0.2, 0.25) is 0 Å². The van der Waals surface area contributed by atoms with E-state index in [4.69, 9.17) is 0 Å². The zero-order valence-electron chi connectivity index (χ0n) is 13.3. The van der Waals surface area contributed by atoms with Crippen LogP contribution in [0.1, 0.15) is 18.8 Å². The maximum absolute atomic E-state index is 12.4. The molecule has 0 spiro atoms. The van der Waals surface area contributed by atoms with Crippen LogP contribution in [0.4, 0.5) is 10.5 Å². The molecule has 9 nitrogen and oxygen atoms in total. The Balaban J connectivity index is 1.53. The van der Waals surface area contributed by atoms with E-state index in [2.05, 4.69) is 30.7 Å². The highest BCUT2D eigenvalue weighted by Gasteiger charge is 2.23. The number of tetrazole rings is 1. The minimum atomic E-state index is -0.235. The molecule has 1 aliphatic rings. The largest absolute Gasteiger partial charge is 0.368 e. The van der Waals surface area contributed by atoms with E-state index in [-0.39, 0.29) is 12.1 Å². The van der Waals surface area contributed by atoms with Gasteiger partial charge in [-0.3, -0.25) is 4.98 Å². The first-order chi connectivity index (χ1) is 11.1. The lowest BCUT2D eigenvalue weighted by Gasteiger charge is -2.36. The van der Waals surface area contributed by atoms with Crippen LogP contribution >= 0.6 is 0 Å². The predicted molar refractivity (Wildman–Crippen MR) is 83.8 cm³/mol. The van der Waals surface area contributed by atoms with Gasteiger partial charge >= 0.3 is 6.03 Å². The summed E-state index contributed by atoms with van der Waals surface area (Å²) in [5, 5.41) is 14.2. The molecule has 0 aromatic carbocycles. The Bertz CT molecular complexity index is 650. The molecule has 9 heteroatoms. The maximum Gasteiger partial charge on any atom is 0.318 e. The number of carbonyl (C=O) groups excluding carboxylic acids is 1. The van der Waals surface area contributed by atoms with Crippen LogP contribution in [-0.4, -0.2) is 62.3 Å². The number of nitrogens with one attached hydrogen (secondary N) is 1. The van der Waals surface area contributed by atoms with Gasteiger partial charge in [0.05, 0.1) is 6.04 Å². The Kier molecular flexibility index (Phi) is 4.35. The third-order valence-corrected chi connectivity index (χ3v) is 3.97. The number of urea groups is 1. The number of hydrogen-bond donors (Lipinski definition) is 1. The molecule has 3 rings (SSSR count). The third-order valence-electron chi connectivity index (χ3n) is 3.97. The van der Waals surface area contributed by atoms with Crippen LogP contribution in [0.5, 0.6) is 0 Å². The van der Waals surface area contributed by atoms with Gasteiger partial charge in [-0.2, -0.15) is 0 Å². The Labute approximate surface area is 134 Å². The topological polar surface area (TPSA) is 92.1 Å². The van der Waals surface area contributed by atoms with E-state index in [1.165, 1.54) is 0 Å². The fourth-order valence-corrected chi connectivity index (χ4v) is 2.67. The van der Waals surface area contributed by atoms with Crippen molar-refractivity contribution in [1.82, 2.24) is 35.4 Å². The lowest BCUT2D eigenvalue weighted by molar-refractivity contribution is 0.190. The summed E-state index contributed by atoms with van der Waals surface area (Å²) in [6, 6.07) is 3.65. The molecular weight excluding hydrogens is 296 g/mol. The minimum Gasteiger partial charge on any atom is -0.368 e. The number of hydrogen-bond acceptors (Lipinski definition) is 6. The molecule has 1 aliphatic heterocycles. The number of nitrogens with zero attached hydrogens (tertiary/aromatic N) is 7. The van der Waals surface area contributed by atoms with Crippen molar-refractivity contribution in [3.8, 4) is 0 Å². The van der Waals surface area contributed by atoms with E-state index < -0.39 is 0 Å². The number of aryl methyl sites for hydroxylation is 1. The molecule has 1 unspecified atom stereocenters. The molecule has 0 aliphatic carbocycles. The number of aromatic nitrogens is 5. The quantitative estimate of drug-likeness (QED) is 0.869. The normalized spacial score (nSPS) is 16.3. The van der Waals surface area contributed by atoms with Crippen LogP contribution in [0.3, 0.4) is 0 Å². The maximum atomic E-state index is 12.4. The first kappa shape index (κ1) is 15.2. The molecule has 2 aromatic rings. The lowest BCUT2D eigenvalue weighted by atomic mass is 10.2. The van der Waals surface area contributed by atoms with E-state index in [9.17, 15) is 4.79 Å². The number of pyridine rings is 1. The Morgan fingerprint density at radius 3 is 2.52 bits per heavy atom. The first-order valence-electron chi connectivity index (χ1n) is 7.58. The summed E-state index contributed by atoms with van der Waals surface area (Å²) < 4.78 is 1.56. The van der Waals surface area contributed by atoms with E-state index >= 15 is 0 Å². The molecule has 0 saturated carbocycles. The number of amides is 2. The van der Waals surface area contributed by atoms with Crippen molar-refractivity contribution in [3.63, 3.8) is 0 Å². The third kappa shape index (κ3) is 3.38. The van der Waals surface area contributed by atoms with Crippen LogP contribution in [0.25, 0.3) is 0 Å². The number of piperazine rings is 1. The zero-order valence-corrected chi connectivity index (χ0v) is 13.3. The van der Waals surface area contributed by atoms with E-state index in [1.807, 2.05) is 24.0 Å². The Morgan fingerprint density at radius 2 is 1.91 bits per heavy atom. The Hall–Kier alpha value is -2.71. The van der Waals surface area contributed by atoms with Gasteiger partial charge in [0.1, 0.15) is 0 Å². The summed E-state index contributed by atoms with van der Waals surface area (Å²) >= 11 is 0. The monoisotopic (exact) mass is 316 g/mol. The van der Waals surface area contributed by atoms with Gasteiger partial charge in [0.25, 0.3) is 0 Å². The van der Waals surface area contributed by atoms with Crippen molar-refractivity contribution in [2.45, 2.75) is 13.0 Å². The summed E-state index contributed by atoms with van der Waals surface area (Å²) in [7, 11) is 1.76. The highest BCUT2D eigenvalue weighted by Crippen LogP contribution is 2.15. The molecule has 1 atom stereocenters. The number of rotatable bonds is 3. The molecule has 1 fully saturated rings. The smallest absolute Gasteiger partial charge is 0.318 e. The average molecular weight is 316 g/mol. The van der Waals surface area contributed by atoms with Crippen LogP contribution in [0.15, 0.2) is 24.5 Å². The van der Waals surface area contributed by atoms with E-state index in [0.29, 0.717) is 18.9 Å². The number of carbonyl (C=O) groups is 1. The van der Waals surface area contributed by atoms with Crippen molar-refractivity contribution in [2.24, 2.45) is 7.05 Å². The number of anilines is 1. The second kappa shape index (κ2) is 6.59. The second-order valence-corrected chi connectivity index (χ2v) is 5.51. The lowest BCUT2D eigenvalue weighted by Crippen LogP contribution is -2.52. The zero-order chi connectivity index (χ0) is 16.2. The van der Waals surface area contributed by atoms with Crippen LogP contribution in [0.2, 0.25) is 0 Å². The molecule has 122 valence electrons. The predicted octanol–water partition coefficient (Wildman–Crippen LogP) is 0.198. The van der Waals surface area contributed by atoms with Crippen molar-refractivity contribution >= 4 is 11.7 Å². The standard InChI is InChI=1S/C14H20N8O/c1-11(13-17-18-19-20(13)2)16-14(23)22-9-7-21(8-10-22)12-3-5-15-6-4-12/h3-6,11H,7-10H2,1-2H3,(H,16,23). The average Bonchev–Trinajstić information content (AvgIpc) is 3.02. The van der Waals surface area contributed by atoms with Gasteiger partial charge in [-0.1, -0.05) is 0 Å². The van der Waals surface area contributed by atoms with E-state index in [1.54, 1.807) is 24.1 Å². The Morgan fingerprint density at radius 1 is 1.22 bits per heavy atom. The molecule has 1 N–H and O–H groups in total. The van der Waals surface area contributed by atoms with Gasteiger partial charge in [-0.05, 0) is 29.5 Å². The molecular formula is C14H20N8O. The van der Waals surface area contributed by atoms with Crippen molar-refractivity contribution < 1.29 is 4.79 Å². The summed E-state index contributed by atoms with van der Waals surface area (Å²) in [5.74, 6) is 0.633. The first-order valence-corrected chi connectivity index (χ1v) is 7.58. The molecule has 0 bridgehead atoms. The summed E-state index contributed by atoms with van der Waals surface area (Å²) in [6.45, 7) is 4.83. The highest BCUT2D eigenvalue weighted by atomic mass is 16.2. The molecule has 2 aromatic heterocycles. The van der Waals surface area contributed by atoms with Crippen LogP contribution < -0.4 is 10.2 Å². The van der Waals surface area contributed by atoms with Crippen LogP contribution in [-0.2, 0) is 7.05 Å². The molecule has 23 heavy (non-hydrogen) atoms. The van der Waals surface area contributed by atoms with Crippen LogP contribution in [0, 0.1) is 0 Å². The summed E-state index contributed by atoms with van der Waals surface area (Å²) in [6.07, 6.45) is 3.57. The van der Waals surface area contributed by atoms with Crippen molar-refractivity contribution in [1.29, 1.82) is 0 Å². The second-order valence-electron chi connectivity index (χ2n) is 5.51. The molecule has 0 radical (unpaired) electrons. The van der Waals surface area contributed by atoms with Gasteiger partial charge < -0.3 is 15.1 Å². The van der Waals surface area contributed by atoms with Crippen molar-refractivity contribution in [3.05, 3.63) is 30.4 Å². The van der Waals surface area contributed by atoms with Gasteiger partial charge in [-0.15, -0.1) is 5.10 Å². The van der Waals surface area contributed by atoms with Gasteiger partial charge in [0, 0.05) is 51.3 Å². The minimum absolute atomic E-state index is 0.0881. The van der Waals surface area contributed by atoms with E-state index in [0.717, 1.165) is 18.8 Å². The SMILES string of the molecule is CC(NC(=O)N1CCN(c2ccncc2)CC1)c1nnnn1C. The fraction of sp³-hybridized carbons (Fsp3) is 0.500. The molecule has 3 heterocycles. The molecule has 1 saturated heterocycles.